The second-order valence-electron chi connectivity index (χ2n) is 5.41. The third-order valence-electron chi connectivity index (χ3n) is 3.24. The quantitative estimate of drug-likeness (QED) is 0.406. The fourth-order valence-corrected chi connectivity index (χ4v) is 2.83. The van der Waals surface area contributed by atoms with Gasteiger partial charge in [-0.05, 0) is 26.0 Å². The molecule has 0 aliphatic rings. The number of rotatable bonds is 9. The van der Waals surface area contributed by atoms with Crippen LogP contribution in [0, 0.1) is 6.92 Å². The summed E-state index contributed by atoms with van der Waals surface area (Å²) < 4.78 is 10.8. The molecule has 0 unspecified atom stereocenters. The van der Waals surface area contributed by atoms with Gasteiger partial charge in [-0.3, -0.25) is 0 Å². The number of guanidine groups is 1. The van der Waals surface area contributed by atoms with E-state index in [2.05, 4.69) is 20.6 Å². The zero-order valence-corrected chi connectivity index (χ0v) is 15.9. The second-order valence-corrected chi connectivity index (χ2v) is 6.73. The first-order valence-electron chi connectivity index (χ1n) is 8.39. The van der Waals surface area contributed by atoms with Crippen molar-refractivity contribution in [3.63, 3.8) is 0 Å². The fraction of sp³-hybridized carbons (Fsp3) is 0.444. The Morgan fingerprint density at radius 1 is 1.32 bits per heavy atom. The molecule has 1 aromatic heterocycles. The van der Waals surface area contributed by atoms with Crippen molar-refractivity contribution >= 4 is 23.0 Å². The molecular formula is C18H26N4O2S. The molecule has 1 aromatic carbocycles. The summed E-state index contributed by atoms with van der Waals surface area (Å²) in [6.45, 7) is 6.77. The number of methoxy groups -OCH3 is 1. The Balaban J connectivity index is 1.95. The maximum absolute atomic E-state index is 5.73. The number of nitrogens with one attached hydrogen (secondary N) is 2. The molecule has 0 saturated carbocycles. The number of benzene rings is 1. The van der Waals surface area contributed by atoms with Crippen LogP contribution in [0.2, 0.25) is 0 Å². The summed E-state index contributed by atoms with van der Waals surface area (Å²) in [4.78, 5) is 10.1. The summed E-state index contributed by atoms with van der Waals surface area (Å²) in [5.74, 6) is 1.55. The Morgan fingerprint density at radius 2 is 2.20 bits per heavy atom. The van der Waals surface area contributed by atoms with Crippen LogP contribution in [-0.2, 0) is 11.3 Å². The molecule has 7 heteroatoms. The summed E-state index contributed by atoms with van der Waals surface area (Å²) in [6.07, 6.45) is 2.74. The van der Waals surface area contributed by atoms with E-state index >= 15 is 0 Å². The topological polar surface area (TPSA) is 67.8 Å². The number of ether oxygens (including phenoxy) is 2. The minimum absolute atomic E-state index is 0.557. The van der Waals surface area contributed by atoms with Crippen LogP contribution >= 0.6 is 11.3 Å². The van der Waals surface area contributed by atoms with Crippen molar-refractivity contribution in [2.24, 2.45) is 4.99 Å². The lowest BCUT2D eigenvalue weighted by Gasteiger charge is -2.12. The summed E-state index contributed by atoms with van der Waals surface area (Å²) in [6, 6.07) is 7.86. The lowest BCUT2D eigenvalue weighted by atomic mass is 10.3. The molecule has 1 heterocycles. The Morgan fingerprint density at radius 3 is 2.92 bits per heavy atom. The van der Waals surface area contributed by atoms with Crippen molar-refractivity contribution in [3.05, 3.63) is 40.3 Å². The third-order valence-corrected chi connectivity index (χ3v) is 4.14. The smallest absolute Gasteiger partial charge is 0.196 e. The van der Waals surface area contributed by atoms with Gasteiger partial charge in [0.1, 0.15) is 10.8 Å². The zero-order chi connectivity index (χ0) is 17.9. The summed E-state index contributed by atoms with van der Waals surface area (Å²) in [5.41, 5.74) is 0.930. The molecule has 136 valence electrons. The minimum atomic E-state index is 0.557. The Labute approximate surface area is 153 Å². The van der Waals surface area contributed by atoms with Crippen LogP contribution in [0.3, 0.4) is 0 Å². The minimum Gasteiger partial charge on any atom is -0.493 e. The van der Waals surface area contributed by atoms with Gasteiger partial charge in [0.25, 0.3) is 0 Å². The molecule has 2 N–H and O–H groups in total. The number of hydrogen-bond acceptors (Lipinski definition) is 5. The first-order chi connectivity index (χ1) is 12.2. The van der Waals surface area contributed by atoms with E-state index in [0.717, 1.165) is 35.4 Å². The number of hydrogen-bond donors (Lipinski definition) is 2. The van der Waals surface area contributed by atoms with Crippen molar-refractivity contribution in [3.8, 4) is 5.75 Å². The molecule has 0 spiro atoms. The van der Waals surface area contributed by atoms with Crippen molar-refractivity contribution < 1.29 is 9.47 Å². The predicted molar refractivity (Wildman–Crippen MR) is 104 cm³/mol. The normalized spacial score (nSPS) is 11.4. The zero-order valence-electron chi connectivity index (χ0n) is 15.0. The number of aryl methyl sites for hydroxylation is 1. The summed E-state index contributed by atoms with van der Waals surface area (Å²) >= 11 is 1.67. The highest BCUT2D eigenvalue weighted by Crippen LogP contribution is 2.18. The molecule has 0 aliphatic heterocycles. The van der Waals surface area contributed by atoms with E-state index in [-0.39, 0.29) is 0 Å². The molecule has 6 nitrogen and oxygen atoms in total. The molecular weight excluding hydrogens is 336 g/mol. The molecule has 0 amide bonds. The van der Waals surface area contributed by atoms with Gasteiger partial charge in [-0.25, -0.2) is 9.98 Å². The van der Waals surface area contributed by atoms with Crippen molar-refractivity contribution in [2.45, 2.75) is 26.8 Å². The molecule has 0 aliphatic carbocycles. The second kappa shape index (κ2) is 10.7. The Bertz CT molecular complexity index is 673. The molecule has 0 fully saturated rings. The van der Waals surface area contributed by atoms with Gasteiger partial charge in [-0.2, -0.15) is 0 Å². The Hall–Kier alpha value is -2.12. The van der Waals surface area contributed by atoms with Gasteiger partial charge in [-0.15, -0.1) is 11.3 Å². The van der Waals surface area contributed by atoms with Crippen LogP contribution in [0.4, 0.5) is 5.69 Å². The number of aliphatic imine (C=N–C) groups is 1. The van der Waals surface area contributed by atoms with E-state index in [1.54, 1.807) is 18.4 Å². The standard InChI is InChI=1S/C18H26N4O2S/c1-4-19-18(21-13-17-20-12-14(2)25-17)22-15-7-5-8-16(11-15)24-10-6-9-23-3/h5,7-8,11-12H,4,6,9-10,13H2,1-3H3,(H2,19,21,22). The third kappa shape index (κ3) is 7.11. The Kier molecular flexibility index (Phi) is 8.21. The molecule has 0 atom stereocenters. The van der Waals surface area contributed by atoms with Crippen LogP contribution in [0.15, 0.2) is 35.5 Å². The molecule has 2 aromatic rings. The van der Waals surface area contributed by atoms with Gasteiger partial charge in [0.2, 0.25) is 0 Å². The van der Waals surface area contributed by atoms with Crippen LogP contribution in [0.25, 0.3) is 0 Å². The van der Waals surface area contributed by atoms with Gasteiger partial charge >= 0.3 is 0 Å². The van der Waals surface area contributed by atoms with Crippen molar-refractivity contribution in [1.82, 2.24) is 10.3 Å². The van der Waals surface area contributed by atoms with Gasteiger partial charge in [-0.1, -0.05) is 6.07 Å². The SMILES string of the molecule is CCNC(=NCc1ncc(C)s1)Nc1cccc(OCCCOC)c1. The maximum atomic E-state index is 5.73. The van der Waals surface area contributed by atoms with E-state index in [4.69, 9.17) is 9.47 Å². The largest absolute Gasteiger partial charge is 0.493 e. The molecule has 25 heavy (non-hydrogen) atoms. The van der Waals surface area contributed by atoms with E-state index in [9.17, 15) is 0 Å². The highest BCUT2D eigenvalue weighted by molar-refractivity contribution is 7.11. The van der Waals surface area contributed by atoms with E-state index in [1.165, 1.54) is 4.88 Å². The van der Waals surface area contributed by atoms with Crippen LogP contribution in [-0.4, -0.2) is 37.8 Å². The molecule has 0 bridgehead atoms. The monoisotopic (exact) mass is 362 g/mol. The molecule has 2 rings (SSSR count). The number of thiazole rings is 1. The lowest BCUT2D eigenvalue weighted by molar-refractivity contribution is 0.172. The average Bonchev–Trinajstić information content (AvgIpc) is 3.03. The van der Waals surface area contributed by atoms with Crippen molar-refractivity contribution in [2.75, 3.05) is 32.2 Å². The summed E-state index contributed by atoms with van der Waals surface area (Å²) in [5, 5.41) is 7.56. The van der Waals surface area contributed by atoms with Gasteiger partial charge in [0.05, 0.1) is 13.2 Å². The average molecular weight is 362 g/mol. The van der Waals surface area contributed by atoms with E-state index in [0.29, 0.717) is 19.8 Å². The first-order valence-corrected chi connectivity index (χ1v) is 9.21. The van der Waals surface area contributed by atoms with Crippen LogP contribution in [0.1, 0.15) is 23.2 Å². The van der Waals surface area contributed by atoms with Gasteiger partial charge in [0, 0.05) is 49.5 Å². The van der Waals surface area contributed by atoms with Gasteiger partial charge in [0.15, 0.2) is 5.96 Å². The molecule has 0 saturated heterocycles. The fourth-order valence-electron chi connectivity index (χ4n) is 2.12. The molecule has 0 radical (unpaired) electrons. The van der Waals surface area contributed by atoms with Crippen molar-refractivity contribution in [1.29, 1.82) is 0 Å². The number of aromatic nitrogens is 1. The maximum Gasteiger partial charge on any atom is 0.196 e. The summed E-state index contributed by atoms with van der Waals surface area (Å²) in [7, 11) is 1.69. The van der Waals surface area contributed by atoms with Gasteiger partial charge < -0.3 is 20.1 Å². The van der Waals surface area contributed by atoms with Crippen LogP contribution in [0.5, 0.6) is 5.75 Å². The predicted octanol–water partition coefficient (Wildman–Crippen LogP) is 3.44. The van der Waals surface area contributed by atoms with E-state index in [1.807, 2.05) is 44.3 Å². The lowest BCUT2D eigenvalue weighted by Crippen LogP contribution is -2.30. The van der Waals surface area contributed by atoms with Crippen LogP contribution < -0.4 is 15.4 Å². The van der Waals surface area contributed by atoms with E-state index < -0.39 is 0 Å². The highest BCUT2D eigenvalue weighted by atomic mass is 32.1. The number of anilines is 1. The highest BCUT2D eigenvalue weighted by Gasteiger charge is 2.03. The number of nitrogens with zero attached hydrogens (tertiary/aromatic N) is 2. The first kappa shape index (κ1) is 19.2.